The van der Waals surface area contributed by atoms with Crippen LogP contribution in [0.4, 0.5) is 0 Å². The molecule has 3 heterocycles. The molecule has 0 aromatic carbocycles. The molecule has 4 heteroatoms. The quantitative estimate of drug-likeness (QED) is 0.858. The van der Waals surface area contributed by atoms with E-state index in [4.69, 9.17) is 4.74 Å². The maximum absolute atomic E-state index is 5.94. The van der Waals surface area contributed by atoms with Crippen molar-refractivity contribution >= 4 is 0 Å². The minimum absolute atomic E-state index is 0.291. The molecule has 20 heavy (non-hydrogen) atoms. The van der Waals surface area contributed by atoms with Crippen molar-refractivity contribution in [2.24, 2.45) is 0 Å². The van der Waals surface area contributed by atoms with Crippen molar-refractivity contribution in [2.75, 3.05) is 20.1 Å². The molecular weight excluding hydrogens is 250 g/mol. The fourth-order valence-corrected chi connectivity index (χ4v) is 2.41. The molecule has 0 aliphatic carbocycles. The van der Waals surface area contributed by atoms with Gasteiger partial charge in [0, 0.05) is 37.1 Å². The van der Waals surface area contributed by atoms with Gasteiger partial charge in [0.1, 0.15) is 6.10 Å². The molecule has 0 bridgehead atoms. The Bertz CT molecular complexity index is 533. The number of hydrogen-bond acceptors (Lipinski definition) is 4. The van der Waals surface area contributed by atoms with Crippen molar-refractivity contribution in [3.8, 4) is 17.1 Å². The Labute approximate surface area is 119 Å². The SMILES string of the molecule is CN1CCC(Oc2ccc(-c3ccccn3)cn2)CC1. The van der Waals surface area contributed by atoms with Crippen LogP contribution in [0.2, 0.25) is 0 Å². The summed E-state index contributed by atoms with van der Waals surface area (Å²) in [5, 5.41) is 0. The van der Waals surface area contributed by atoms with Crippen molar-refractivity contribution in [2.45, 2.75) is 18.9 Å². The van der Waals surface area contributed by atoms with Gasteiger partial charge < -0.3 is 9.64 Å². The number of hydrogen-bond donors (Lipinski definition) is 0. The van der Waals surface area contributed by atoms with Gasteiger partial charge in [-0.2, -0.15) is 0 Å². The fourth-order valence-electron chi connectivity index (χ4n) is 2.41. The van der Waals surface area contributed by atoms with E-state index in [-0.39, 0.29) is 0 Å². The normalized spacial score (nSPS) is 17.1. The van der Waals surface area contributed by atoms with Crippen LogP contribution in [-0.2, 0) is 0 Å². The summed E-state index contributed by atoms with van der Waals surface area (Å²) in [7, 11) is 2.15. The van der Waals surface area contributed by atoms with Gasteiger partial charge in [-0.3, -0.25) is 4.98 Å². The van der Waals surface area contributed by atoms with Crippen LogP contribution >= 0.6 is 0 Å². The van der Waals surface area contributed by atoms with Crippen molar-refractivity contribution in [3.63, 3.8) is 0 Å². The third-order valence-corrected chi connectivity index (χ3v) is 3.65. The third-order valence-electron chi connectivity index (χ3n) is 3.65. The molecule has 2 aromatic rings. The molecule has 0 amide bonds. The highest BCUT2D eigenvalue weighted by molar-refractivity contribution is 5.57. The molecular formula is C16H19N3O. The Kier molecular flexibility index (Phi) is 3.92. The van der Waals surface area contributed by atoms with E-state index >= 15 is 0 Å². The van der Waals surface area contributed by atoms with Crippen LogP contribution in [-0.4, -0.2) is 41.1 Å². The second kappa shape index (κ2) is 6.01. The van der Waals surface area contributed by atoms with Crippen molar-refractivity contribution in [3.05, 3.63) is 42.7 Å². The number of piperidine rings is 1. The van der Waals surface area contributed by atoms with Crippen LogP contribution in [0.15, 0.2) is 42.7 Å². The number of ether oxygens (including phenoxy) is 1. The van der Waals surface area contributed by atoms with E-state index in [1.54, 1.807) is 6.20 Å². The highest BCUT2D eigenvalue weighted by Crippen LogP contribution is 2.20. The standard InChI is InChI=1S/C16H19N3O/c1-19-10-7-14(8-11-19)20-16-6-5-13(12-18-16)15-4-2-3-9-17-15/h2-6,9,12,14H,7-8,10-11H2,1H3. The van der Waals surface area contributed by atoms with Gasteiger partial charge in [0.15, 0.2) is 0 Å². The first kappa shape index (κ1) is 13.1. The smallest absolute Gasteiger partial charge is 0.213 e. The molecule has 0 radical (unpaired) electrons. The number of nitrogens with zero attached hydrogens (tertiary/aromatic N) is 3. The van der Waals surface area contributed by atoms with Gasteiger partial charge in [-0.25, -0.2) is 4.98 Å². The maximum Gasteiger partial charge on any atom is 0.213 e. The van der Waals surface area contributed by atoms with Gasteiger partial charge in [0.25, 0.3) is 0 Å². The lowest BCUT2D eigenvalue weighted by Gasteiger charge is -2.28. The summed E-state index contributed by atoms with van der Waals surface area (Å²) < 4.78 is 5.94. The molecule has 0 unspecified atom stereocenters. The first-order chi connectivity index (χ1) is 9.81. The second-order valence-corrected chi connectivity index (χ2v) is 5.22. The molecule has 0 saturated carbocycles. The second-order valence-electron chi connectivity index (χ2n) is 5.22. The molecule has 3 rings (SSSR count). The lowest BCUT2D eigenvalue weighted by molar-refractivity contribution is 0.110. The molecule has 4 nitrogen and oxygen atoms in total. The van der Waals surface area contributed by atoms with Gasteiger partial charge in [0.05, 0.1) is 5.69 Å². The summed E-state index contributed by atoms with van der Waals surface area (Å²) in [6.07, 6.45) is 6.05. The lowest BCUT2D eigenvalue weighted by atomic mass is 10.1. The van der Waals surface area contributed by atoms with Gasteiger partial charge >= 0.3 is 0 Å². The molecule has 0 spiro atoms. The summed E-state index contributed by atoms with van der Waals surface area (Å²) in [5.74, 6) is 0.708. The Morgan fingerprint density at radius 1 is 1.10 bits per heavy atom. The first-order valence-corrected chi connectivity index (χ1v) is 7.04. The Hall–Kier alpha value is -1.94. The summed E-state index contributed by atoms with van der Waals surface area (Å²) >= 11 is 0. The minimum atomic E-state index is 0.291. The highest BCUT2D eigenvalue weighted by atomic mass is 16.5. The average molecular weight is 269 g/mol. The zero-order valence-electron chi connectivity index (χ0n) is 11.7. The van der Waals surface area contributed by atoms with Gasteiger partial charge in [-0.1, -0.05) is 6.07 Å². The Balaban J connectivity index is 1.65. The van der Waals surface area contributed by atoms with Crippen LogP contribution in [0.5, 0.6) is 5.88 Å². The molecule has 0 N–H and O–H groups in total. The van der Waals surface area contributed by atoms with E-state index in [9.17, 15) is 0 Å². The molecule has 1 saturated heterocycles. The first-order valence-electron chi connectivity index (χ1n) is 7.04. The minimum Gasteiger partial charge on any atom is -0.474 e. The van der Waals surface area contributed by atoms with E-state index in [1.165, 1.54) is 0 Å². The van der Waals surface area contributed by atoms with Gasteiger partial charge in [0.2, 0.25) is 5.88 Å². The zero-order valence-corrected chi connectivity index (χ0v) is 11.7. The monoisotopic (exact) mass is 269 g/mol. The molecule has 1 aliphatic heterocycles. The average Bonchev–Trinajstić information content (AvgIpc) is 2.51. The van der Waals surface area contributed by atoms with Crippen LogP contribution in [0.3, 0.4) is 0 Å². The number of rotatable bonds is 3. The summed E-state index contributed by atoms with van der Waals surface area (Å²) in [4.78, 5) is 11.0. The number of aromatic nitrogens is 2. The summed E-state index contributed by atoms with van der Waals surface area (Å²) in [6, 6.07) is 9.82. The van der Waals surface area contributed by atoms with Crippen LogP contribution in [0.1, 0.15) is 12.8 Å². The van der Waals surface area contributed by atoms with Crippen LogP contribution in [0, 0.1) is 0 Å². The third kappa shape index (κ3) is 3.14. The van der Waals surface area contributed by atoms with E-state index in [0.717, 1.165) is 37.2 Å². The van der Waals surface area contributed by atoms with Crippen molar-refractivity contribution in [1.29, 1.82) is 0 Å². The molecule has 1 aliphatic rings. The molecule has 0 atom stereocenters. The predicted molar refractivity (Wildman–Crippen MR) is 78.6 cm³/mol. The van der Waals surface area contributed by atoms with Crippen molar-refractivity contribution < 1.29 is 4.74 Å². The number of likely N-dealkylation sites (tertiary alicyclic amines) is 1. The highest BCUT2D eigenvalue weighted by Gasteiger charge is 2.18. The predicted octanol–water partition coefficient (Wildman–Crippen LogP) is 2.62. The lowest BCUT2D eigenvalue weighted by Crippen LogP contribution is -2.35. The topological polar surface area (TPSA) is 38.2 Å². The molecule has 2 aromatic heterocycles. The van der Waals surface area contributed by atoms with Crippen LogP contribution < -0.4 is 4.74 Å². The molecule has 104 valence electrons. The fraction of sp³-hybridized carbons (Fsp3) is 0.375. The molecule has 1 fully saturated rings. The largest absolute Gasteiger partial charge is 0.474 e. The van der Waals surface area contributed by atoms with E-state index in [0.29, 0.717) is 12.0 Å². The van der Waals surface area contributed by atoms with Crippen LogP contribution in [0.25, 0.3) is 11.3 Å². The zero-order chi connectivity index (χ0) is 13.8. The van der Waals surface area contributed by atoms with Crippen molar-refractivity contribution in [1.82, 2.24) is 14.9 Å². The van der Waals surface area contributed by atoms with Gasteiger partial charge in [-0.05, 0) is 38.1 Å². The Morgan fingerprint density at radius 3 is 2.60 bits per heavy atom. The van der Waals surface area contributed by atoms with E-state index in [2.05, 4.69) is 21.9 Å². The maximum atomic E-state index is 5.94. The number of pyridine rings is 2. The van der Waals surface area contributed by atoms with E-state index in [1.807, 2.05) is 36.5 Å². The summed E-state index contributed by atoms with van der Waals surface area (Å²) in [5.41, 5.74) is 1.95. The van der Waals surface area contributed by atoms with Gasteiger partial charge in [-0.15, -0.1) is 0 Å². The Morgan fingerprint density at radius 2 is 1.95 bits per heavy atom. The summed E-state index contributed by atoms with van der Waals surface area (Å²) in [6.45, 7) is 2.19. The van der Waals surface area contributed by atoms with E-state index < -0.39 is 0 Å².